The van der Waals surface area contributed by atoms with Crippen LogP contribution in [0.5, 0.6) is 0 Å². The maximum atomic E-state index is 14.5. The van der Waals surface area contributed by atoms with Gasteiger partial charge in [0, 0.05) is 18.0 Å². The molecule has 0 spiro atoms. The molecule has 6 nitrogen and oxygen atoms in total. The summed E-state index contributed by atoms with van der Waals surface area (Å²) in [6.45, 7) is 2.04. The number of nitrogens with one attached hydrogen (secondary N) is 1. The van der Waals surface area contributed by atoms with Gasteiger partial charge in [-0.05, 0) is 54.2 Å². The number of carbonyl (C=O) groups excluding carboxylic acids is 1. The minimum Gasteiger partial charge on any atom is -0.479 e. The van der Waals surface area contributed by atoms with Gasteiger partial charge in [0.1, 0.15) is 11.5 Å². The van der Waals surface area contributed by atoms with Crippen molar-refractivity contribution < 1.29 is 19.1 Å². The molecule has 0 saturated heterocycles. The standard InChI is InChI=1S/C22H20FN3O3/c1-14-9-10-22(21(28)29,17-6-3-2-5-16(14)17)25-20(27)15-7-8-19(18(23)13-15)26-12-4-11-24-26/h2-8,11-14H,9-10H2,1H3,(H,25,27)(H,28,29). The van der Waals surface area contributed by atoms with Gasteiger partial charge in [0.05, 0.1) is 0 Å². The van der Waals surface area contributed by atoms with Crippen molar-refractivity contribution in [2.75, 3.05) is 0 Å². The second-order valence-corrected chi connectivity index (χ2v) is 7.31. The number of benzene rings is 2. The first-order chi connectivity index (χ1) is 13.9. The number of aromatic nitrogens is 2. The molecule has 148 valence electrons. The van der Waals surface area contributed by atoms with E-state index in [9.17, 15) is 19.1 Å². The number of carbonyl (C=O) groups is 2. The summed E-state index contributed by atoms with van der Waals surface area (Å²) in [5, 5.41) is 16.7. The van der Waals surface area contributed by atoms with E-state index in [-0.39, 0.29) is 23.6 Å². The van der Waals surface area contributed by atoms with Gasteiger partial charge in [-0.1, -0.05) is 31.2 Å². The van der Waals surface area contributed by atoms with Crippen LogP contribution in [0.2, 0.25) is 0 Å². The Kier molecular flexibility index (Phi) is 4.66. The lowest BCUT2D eigenvalue weighted by Crippen LogP contribution is -2.54. The van der Waals surface area contributed by atoms with Crippen LogP contribution in [0, 0.1) is 5.82 Å². The topological polar surface area (TPSA) is 84.2 Å². The largest absolute Gasteiger partial charge is 0.479 e. The van der Waals surface area contributed by atoms with Crippen molar-refractivity contribution in [3.05, 3.63) is 83.4 Å². The number of hydrogen-bond acceptors (Lipinski definition) is 3. The van der Waals surface area contributed by atoms with Crippen molar-refractivity contribution in [1.29, 1.82) is 0 Å². The molecule has 1 heterocycles. The quantitative estimate of drug-likeness (QED) is 0.709. The molecule has 1 aliphatic carbocycles. The summed E-state index contributed by atoms with van der Waals surface area (Å²) in [5.41, 5.74) is 0.193. The van der Waals surface area contributed by atoms with Crippen LogP contribution in [0.15, 0.2) is 60.9 Å². The number of hydrogen-bond donors (Lipinski definition) is 2. The first-order valence-electron chi connectivity index (χ1n) is 9.37. The second-order valence-electron chi connectivity index (χ2n) is 7.31. The Labute approximate surface area is 167 Å². The highest BCUT2D eigenvalue weighted by atomic mass is 19.1. The van der Waals surface area contributed by atoms with E-state index >= 15 is 0 Å². The molecule has 0 aliphatic heterocycles. The van der Waals surface area contributed by atoms with Crippen LogP contribution in [0.4, 0.5) is 4.39 Å². The van der Waals surface area contributed by atoms with E-state index in [0.29, 0.717) is 12.0 Å². The maximum absolute atomic E-state index is 14.5. The van der Waals surface area contributed by atoms with Gasteiger partial charge in [0.15, 0.2) is 5.54 Å². The molecule has 3 aromatic rings. The molecule has 1 amide bonds. The molecule has 0 bridgehead atoms. The van der Waals surface area contributed by atoms with Crippen LogP contribution in [-0.2, 0) is 10.3 Å². The Morgan fingerprint density at radius 3 is 2.72 bits per heavy atom. The van der Waals surface area contributed by atoms with E-state index in [4.69, 9.17) is 0 Å². The first kappa shape index (κ1) is 18.9. The fourth-order valence-corrected chi connectivity index (χ4v) is 3.96. The van der Waals surface area contributed by atoms with Crippen molar-refractivity contribution in [2.45, 2.75) is 31.2 Å². The molecule has 7 heteroatoms. The number of halogens is 1. The van der Waals surface area contributed by atoms with Gasteiger partial charge in [-0.2, -0.15) is 5.10 Å². The first-order valence-corrected chi connectivity index (χ1v) is 9.37. The summed E-state index contributed by atoms with van der Waals surface area (Å²) in [5.74, 6) is -2.19. The molecular formula is C22H20FN3O3. The molecule has 2 N–H and O–H groups in total. The normalized spacial score (nSPS) is 20.7. The van der Waals surface area contributed by atoms with Crippen molar-refractivity contribution in [3.63, 3.8) is 0 Å². The van der Waals surface area contributed by atoms with Crippen molar-refractivity contribution >= 4 is 11.9 Å². The summed E-state index contributed by atoms with van der Waals surface area (Å²) in [7, 11) is 0. The SMILES string of the molecule is CC1CCC(NC(=O)c2ccc(-n3cccn3)c(F)c2)(C(=O)O)c2ccccc21. The Morgan fingerprint density at radius 1 is 1.24 bits per heavy atom. The highest BCUT2D eigenvalue weighted by Gasteiger charge is 2.46. The Morgan fingerprint density at radius 2 is 2.03 bits per heavy atom. The van der Waals surface area contributed by atoms with E-state index in [0.717, 1.165) is 11.6 Å². The molecule has 2 aromatic carbocycles. The van der Waals surface area contributed by atoms with Crippen molar-refractivity contribution in [2.24, 2.45) is 0 Å². The van der Waals surface area contributed by atoms with Crippen LogP contribution in [-0.4, -0.2) is 26.8 Å². The molecule has 2 atom stereocenters. The van der Waals surface area contributed by atoms with Gasteiger partial charge in [-0.3, -0.25) is 4.79 Å². The highest BCUT2D eigenvalue weighted by molar-refractivity contribution is 5.98. The predicted octanol–water partition coefficient (Wildman–Crippen LogP) is 3.62. The van der Waals surface area contributed by atoms with Crippen LogP contribution in [0.1, 0.15) is 47.2 Å². The monoisotopic (exact) mass is 393 g/mol. The average molecular weight is 393 g/mol. The summed E-state index contributed by atoms with van der Waals surface area (Å²) in [6, 6.07) is 12.9. The van der Waals surface area contributed by atoms with Crippen molar-refractivity contribution in [3.8, 4) is 5.69 Å². The van der Waals surface area contributed by atoms with E-state index in [2.05, 4.69) is 10.4 Å². The number of fused-ring (bicyclic) bond motifs is 1. The van der Waals surface area contributed by atoms with Crippen LogP contribution in [0.25, 0.3) is 5.69 Å². The molecular weight excluding hydrogens is 373 g/mol. The van der Waals surface area contributed by atoms with Gasteiger partial charge < -0.3 is 10.4 Å². The number of carboxylic acid groups (broad SMARTS) is 1. The molecule has 0 saturated carbocycles. The van der Waals surface area contributed by atoms with E-state index in [1.54, 1.807) is 24.4 Å². The maximum Gasteiger partial charge on any atom is 0.334 e. The number of nitrogens with zero attached hydrogens (tertiary/aromatic N) is 2. The number of amides is 1. The Balaban J connectivity index is 1.69. The van der Waals surface area contributed by atoms with Crippen LogP contribution >= 0.6 is 0 Å². The smallest absolute Gasteiger partial charge is 0.334 e. The lowest BCUT2D eigenvalue weighted by Gasteiger charge is -2.38. The van der Waals surface area contributed by atoms with E-state index < -0.39 is 23.2 Å². The lowest BCUT2D eigenvalue weighted by atomic mass is 9.72. The van der Waals surface area contributed by atoms with Crippen LogP contribution < -0.4 is 5.32 Å². The van der Waals surface area contributed by atoms with Crippen LogP contribution in [0.3, 0.4) is 0 Å². The molecule has 0 radical (unpaired) electrons. The summed E-state index contributed by atoms with van der Waals surface area (Å²) in [6.07, 6.45) is 4.01. The van der Waals surface area contributed by atoms with Gasteiger partial charge >= 0.3 is 5.97 Å². The minimum atomic E-state index is -1.54. The number of rotatable bonds is 4. The zero-order valence-corrected chi connectivity index (χ0v) is 15.8. The van der Waals surface area contributed by atoms with E-state index in [1.165, 1.54) is 23.0 Å². The number of carboxylic acids is 1. The van der Waals surface area contributed by atoms with Gasteiger partial charge in [0.2, 0.25) is 0 Å². The zero-order valence-electron chi connectivity index (χ0n) is 15.8. The molecule has 1 aliphatic rings. The lowest BCUT2D eigenvalue weighted by molar-refractivity contribution is -0.145. The second kappa shape index (κ2) is 7.16. The third-order valence-electron chi connectivity index (χ3n) is 5.56. The summed E-state index contributed by atoms with van der Waals surface area (Å²) < 4.78 is 15.9. The molecule has 2 unspecified atom stereocenters. The molecule has 4 rings (SSSR count). The van der Waals surface area contributed by atoms with Crippen molar-refractivity contribution in [1.82, 2.24) is 15.1 Å². The summed E-state index contributed by atoms with van der Waals surface area (Å²) >= 11 is 0. The summed E-state index contributed by atoms with van der Waals surface area (Å²) in [4.78, 5) is 25.2. The van der Waals surface area contributed by atoms with Gasteiger partial charge in [-0.15, -0.1) is 0 Å². The fourth-order valence-electron chi connectivity index (χ4n) is 3.96. The third-order valence-corrected chi connectivity index (χ3v) is 5.56. The highest BCUT2D eigenvalue weighted by Crippen LogP contribution is 2.41. The Hall–Kier alpha value is -3.48. The van der Waals surface area contributed by atoms with Gasteiger partial charge in [0.25, 0.3) is 5.91 Å². The Bertz CT molecular complexity index is 1080. The molecule has 29 heavy (non-hydrogen) atoms. The fraction of sp³-hybridized carbons (Fsp3) is 0.227. The average Bonchev–Trinajstić information content (AvgIpc) is 3.24. The third kappa shape index (κ3) is 3.18. The molecule has 1 aromatic heterocycles. The predicted molar refractivity (Wildman–Crippen MR) is 104 cm³/mol. The van der Waals surface area contributed by atoms with E-state index in [1.807, 2.05) is 19.1 Å². The zero-order chi connectivity index (χ0) is 20.6. The number of aliphatic carboxylic acids is 1. The molecule has 0 fully saturated rings. The minimum absolute atomic E-state index is 0.0511. The van der Waals surface area contributed by atoms with Gasteiger partial charge in [-0.25, -0.2) is 13.9 Å².